The number of hydrogen-bond acceptors (Lipinski definition) is 3. The first-order valence-corrected chi connectivity index (χ1v) is 6.24. The van der Waals surface area contributed by atoms with E-state index in [9.17, 15) is 9.50 Å². The highest BCUT2D eigenvalue weighted by molar-refractivity contribution is 5.17. The zero-order valence-corrected chi connectivity index (χ0v) is 10.1. The molecule has 94 valence electrons. The second-order valence-electron chi connectivity index (χ2n) is 4.64. The van der Waals surface area contributed by atoms with Gasteiger partial charge in [0.15, 0.2) is 0 Å². The number of rotatable bonds is 3. The minimum atomic E-state index is -0.992. The lowest BCUT2D eigenvalue weighted by Crippen LogP contribution is -2.50. The first-order valence-electron chi connectivity index (χ1n) is 6.24. The Hall–Kier alpha value is -1.00. The van der Waals surface area contributed by atoms with E-state index >= 15 is 0 Å². The average Bonchev–Trinajstić information content (AvgIpc) is 2.40. The van der Waals surface area contributed by atoms with Crippen LogP contribution in [0.15, 0.2) is 18.3 Å². The summed E-state index contributed by atoms with van der Waals surface area (Å²) in [7, 11) is 0. The fourth-order valence-corrected chi connectivity index (χ4v) is 2.50. The lowest BCUT2D eigenvalue weighted by molar-refractivity contribution is -0.0197. The van der Waals surface area contributed by atoms with Gasteiger partial charge in [-0.3, -0.25) is 4.98 Å². The van der Waals surface area contributed by atoms with Crippen LogP contribution in [0.25, 0.3) is 0 Å². The quantitative estimate of drug-likeness (QED) is 0.846. The molecule has 2 rings (SSSR count). The Bertz CT molecular complexity index is 362. The predicted molar refractivity (Wildman–Crippen MR) is 64.0 cm³/mol. The third-order valence-corrected chi connectivity index (χ3v) is 3.60. The van der Waals surface area contributed by atoms with Gasteiger partial charge in [-0.15, -0.1) is 0 Å². The van der Waals surface area contributed by atoms with Gasteiger partial charge in [0.1, 0.15) is 11.4 Å². The monoisotopic (exact) mass is 238 g/mol. The number of nitrogens with zero attached hydrogens (tertiary/aromatic N) is 1. The van der Waals surface area contributed by atoms with Crippen LogP contribution in [0.3, 0.4) is 0 Å². The van der Waals surface area contributed by atoms with Crippen molar-refractivity contribution in [1.82, 2.24) is 10.3 Å². The average molecular weight is 238 g/mol. The Labute approximate surface area is 101 Å². The first-order chi connectivity index (χ1) is 8.16. The molecule has 0 amide bonds. The maximum atomic E-state index is 12.9. The zero-order valence-electron chi connectivity index (χ0n) is 10.1. The highest BCUT2D eigenvalue weighted by Crippen LogP contribution is 2.31. The van der Waals surface area contributed by atoms with Gasteiger partial charge in [-0.2, -0.15) is 0 Å². The lowest BCUT2D eigenvalue weighted by Gasteiger charge is -2.38. The van der Waals surface area contributed by atoms with Gasteiger partial charge in [0.05, 0.1) is 11.9 Å². The summed E-state index contributed by atoms with van der Waals surface area (Å²) in [6.07, 6.45) is 4.93. The van der Waals surface area contributed by atoms with E-state index in [0.29, 0.717) is 12.1 Å². The van der Waals surface area contributed by atoms with Crippen molar-refractivity contribution in [3.63, 3.8) is 0 Å². The predicted octanol–water partition coefficient (Wildman–Crippen LogP) is 1.96. The summed E-state index contributed by atoms with van der Waals surface area (Å²) in [6, 6.07) is 2.94. The van der Waals surface area contributed by atoms with Gasteiger partial charge >= 0.3 is 0 Å². The van der Waals surface area contributed by atoms with Gasteiger partial charge in [0.25, 0.3) is 0 Å². The van der Waals surface area contributed by atoms with Crippen molar-refractivity contribution in [1.29, 1.82) is 0 Å². The molecular weight excluding hydrogens is 219 g/mol. The van der Waals surface area contributed by atoms with E-state index in [4.69, 9.17) is 0 Å². The molecule has 3 nitrogen and oxygen atoms in total. The number of aliphatic hydroxyl groups is 1. The highest BCUT2D eigenvalue weighted by atomic mass is 19.1. The van der Waals surface area contributed by atoms with Gasteiger partial charge in [0, 0.05) is 6.04 Å². The summed E-state index contributed by atoms with van der Waals surface area (Å²) in [5, 5.41) is 14.1. The largest absolute Gasteiger partial charge is 0.382 e. The third kappa shape index (κ3) is 2.48. The van der Waals surface area contributed by atoms with Gasteiger partial charge in [-0.05, 0) is 37.9 Å². The summed E-state index contributed by atoms with van der Waals surface area (Å²) < 4.78 is 12.9. The molecule has 0 radical (unpaired) electrons. The molecule has 0 aliphatic carbocycles. The fourth-order valence-electron chi connectivity index (χ4n) is 2.50. The molecule has 0 aromatic carbocycles. The molecule has 0 bridgehead atoms. The van der Waals surface area contributed by atoms with Gasteiger partial charge in [0.2, 0.25) is 0 Å². The van der Waals surface area contributed by atoms with Crippen molar-refractivity contribution >= 4 is 0 Å². The van der Waals surface area contributed by atoms with Crippen molar-refractivity contribution < 1.29 is 9.50 Å². The van der Waals surface area contributed by atoms with Crippen molar-refractivity contribution in [2.45, 2.75) is 44.2 Å². The summed E-state index contributed by atoms with van der Waals surface area (Å²) in [4.78, 5) is 4.03. The van der Waals surface area contributed by atoms with E-state index < -0.39 is 5.60 Å². The molecule has 0 saturated carbocycles. The van der Waals surface area contributed by atoms with E-state index in [1.807, 2.05) is 6.92 Å². The topological polar surface area (TPSA) is 45.2 Å². The minimum absolute atomic E-state index is 0.0132. The second-order valence-corrected chi connectivity index (χ2v) is 4.64. The summed E-state index contributed by atoms with van der Waals surface area (Å²) in [5.41, 5.74) is -0.436. The Morgan fingerprint density at radius 3 is 2.88 bits per heavy atom. The van der Waals surface area contributed by atoms with Gasteiger partial charge in [-0.1, -0.05) is 13.3 Å². The zero-order chi connectivity index (χ0) is 12.3. The Morgan fingerprint density at radius 1 is 1.53 bits per heavy atom. The first kappa shape index (κ1) is 12.5. The molecule has 1 aromatic heterocycles. The smallest absolute Gasteiger partial charge is 0.141 e. The van der Waals surface area contributed by atoms with E-state index in [2.05, 4.69) is 10.3 Å². The van der Waals surface area contributed by atoms with Crippen LogP contribution in [0.5, 0.6) is 0 Å². The van der Waals surface area contributed by atoms with Crippen LogP contribution in [0.1, 0.15) is 38.3 Å². The molecule has 1 aromatic rings. The van der Waals surface area contributed by atoms with Crippen LogP contribution in [-0.4, -0.2) is 22.7 Å². The summed E-state index contributed by atoms with van der Waals surface area (Å²) in [6.45, 7) is 2.86. The molecule has 2 N–H and O–H groups in total. The van der Waals surface area contributed by atoms with E-state index in [0.717, 1.165) is 25.8 Å². The molecule has 2 heterocycles. The minimum Gasteiger partial charge on any atom is -0.382 e. The molecule has 1 aliphatic rings. The number of piperidine rings is 1. The Morgan fingerprint density at radius 2 is 2.35 bits per heavy atom. The molecule has 1 fully saturated rings. The van der Waals surface area contributed by atoms with Crippen molar-refractivity contribution in [3.05, 3.63) is 29.8 Å². The number of halogens is 1. The number of hydrogen-bond donors (Lipinski definition) is 2. The maximum absolute atomic E-state index is 12.9. The van der Waals surface area contributed by atoms with Crippen molar-refractivity contribution in [2.75, 3.05) is 6.54 Å². The molecule has 4 heteroatoms. The lowest BCUT2D eigenvalue weighted by atomic mass is 9.83. The summed E-state index contributed by atoms with van der Waals surface area (Å²) in [5.74, 6) is -0.371. The van der Waals surface area contributed by atoms with Crippen LogP contribution in [-0.2, 0) is 5.60 Å². The second kappa shape index (κ2) is 5.10. The SMILES string of the molecule is CCC(O)(c1ccc(F)cn1)C1CCCCN1. The Balaban J connectivity index is 2.25. The van der Waals surface area contributed by atoms with E-state index in [1.54, 1.807) is 6.07 Å². The molecular formula is C13H19FN2O. The van der Waals surface area contributed by atoms with E-state index in [-0.39, 0.29) is 11.9 Å². The van der Waals surface area contributed by atoms with Crippen LogP contribution in [0.4, 0.5) is 4.39 Å². The van der Waals surface area contributed by atoms with Gasteiger partial charge in [-0.25, -0.2) is 4.39 Å². The molecule has 2 atom stereocenters. The molecule has 2 unspecified atom stereocenters. The van der Waals surface area contributed by atoms with Crippen LogP contribution < -0.4 is 5.32 Å². The van der Waals surface area contributed by atoms with Crippen LogP contribution >= 0.6 is 0 Å². The van der Waals surface area contributed by atoms with Crippen LogP contribution in [0, 0.1) is 5.82 Å². The molecule has 1 saturated heterocycles. The molecule has 1 aliphatic heterocycles. The van der Waals surface area contributed by atoms with Crippen LogP contribution in [0.2, 0.25) is 0 Å². The standard InChI is InChI=1S/C13H19FN2O/c1-2-13(17,11-5-3-4-8-15-11)12-7-6-10(14)9-16-12/h6-7,9,11,15,17H,2-5,8H2,1H3. The normalized spacial score (nSPS) is 24.3. The molecule has 17 heavy (non-hydrogen) atoms. The molecule has 0 spiro atoms. The van der Waals surface area contributed by atoms with E-state index in [1.165, 1.54) is 12.3 Å². The van der Waals surface area contributed by atoms with Gasteiger partial charge < -0.3 is 10.4 Å². The highest BCUT2D eigenvalue weighted by Gasteiger charge is 2.38. The van der Waals surface area contributed by atoms with Crippen molar-refractivity contribution in [3.8, 4) is 0 Å². The fraction of sp³-hybridized carbons (Fsp3) is 0.615. The number of aromatic nitrogens is 1. The third-order valence-electron chi connectivity index (χ3n) is 3.60. The Kier molecular flexibility index (Phi) is 3.74. The summed E-state index contributed by atoms with van der Waals surface area (Å²) >= 11 is 0. The number of nitrogens with one attached hydrogen (secondary N) is 1. The van der Waals surface area contributed by atoms with Crippen molar-refractivity contribution in [2.24, 2.45) is 0 Å². The number of pyridine rings is 1. The maximum Gasteiger partial charge on any atom is 0.141 e.